The molecule has 0 aliphatic carbocycles. The Morgan fingerprint density at radius 3 is 2.78 bits per heavy atom. The van der Waals surface area contributed by atoms with Crippen molar-refractivity contribution in [1.29, 1.82) is 0 Å². The van der Waals surface area contributed by atoms with Crippen LogP contribution < -0.4 is 11.2 Å². The zero-order chi connectivity index (χ0) is 17.5. The molecule has 0 saturated carbocycles. The van der Waals surface area contributed by atoms with Gasteiger partial charge in [-0.3, -0.25) is 18.9 Å². The molecule has 0 bridgehead atoms. The highest BCUT2D eigenvalue weighted by atomic mass is 31.2. The van der Waals surface area contributed by atoms with Gasteiger partial charge >= 0.3 is 13.5 Å². The van der Waals surface area contributed by atoms with E-state index in [0.717, 1.165) is 10.8 Å². The molecule has 9 nitrogen and oxygen atoms in total. The number of halogens is 1. The second-order valence-electron chi connectivity index (χ2n) is 5.24. The van der Waals surface area contributed by atoms with Crippen LogP contribution in [-0.4, -0.2) is 31.8 Å². The smallest absolute Gasteiger partial charge is 0.317 e. The summed E-state index contributed by atoms with van der Waals surface area (Å²) in [6.45, 7) is 0.374. The van der Waals surface area contributed by atoms with Crippen LogP contribution in [0.1, 0.15) is 25.3 Å². The van der Waals surface area contributed by atoms with Gasteiger partial charge in [0.05, 0.1) is 0 Å². The average Bonchev–Trinajstić information content (AvgIpc) is 2.74. The van der Waals surface area contributed by atoms with Gasteiger partial charge in [0, 0.05) is 19.0 Å². The van der Waals surface area contributed by atoms with Gasteiger partial charge in [0.15, 0.2) is 0 Å². The first-order chi connectivity index (χ1) is 10.5. The molecule has 1 saturated heterocycles. The monoisotopic (exact) mass is 348 g/mol. The second-order valence-corrected chi connectivity index (χ2v) is 6.48. The summed E-state index contributed by atoms with van der Waals surface area (Å²) in [6.07, 6.45) is 5.93. The lowest BCUT2D eigenvalue weighted by molar-refractivity contribution is -0.216. The Kier molecular flexibility index (Phi) is 4.36. The molecule has 2 atom stereocenters. The topological polar surface area (TPSA) is 131 Å². The van der Waals surface area contributed by atoms with Crippen LogP contribution in [0.4, 0.5) is 4.39 Å². The number of ether oxygens (including phenoxy) is 1. The van der Waals surface area contributed by atoms with E-state index in [4.69, 9.17) is 20.9 Å². The molecular formula is C12H14FN2O7P. The molecule has 1 aromatic rings. The van der Waals surface area contributed by atoms with Gasteiger partial charge in [-0.05, 0) is 6.92 Å². The summed E-state index contributed by atoms with van der Waals surface area (Å²) in [6, 6.07) is 0. The van der Waals surface area contributed by atoms with Crippen molar-refractivity contribution in [3.63, 3.8) is 0 Å². The van der Waals surface area contributed by atoms with Crippen LogP contribution in [-0.2, 0) is 19.6 Å². The molecule has 2 rings (SSSR count). The molecule has 2 heterocycles. The summed E-state index contributed by atoms with van der Waals surface area (Å²) in [4.78, 5) is 42.6. The molecule has 3 N–H and O–H groups in total. The van der Waals surface area contributed by atoms with Crippen LogP contribution in [0.2, 0.25) is 0 Å². The van der Waals surface area contributed by atoms with Crippen molar-refractivity contribution in [2.75, 3.05) is 6.61 Å². The summed E-state index contributed by atoms with van der Waals surface area (Å²) >= 11 is 0. The van der Waals surface area contributed by atoms with Crippen LogP contribution in [0.5, 0.6) is 0 Å². The third-order valence-corrected chi connectivity index (χ3v) is 3.89. The van der Waals surface area contributed by atoms with Crippen LogP contribution in [0.15, 0.2) is 15.8 Å². The van der Waals surface area contributed by atoms with E-state index < -0.39 is 37.3 Å². The van der Waals surface area contributed by atoms with E-state index in [1.165, 1.54) is 6.92 Å². The van der Waals surface area contributed by atoms with Crippen molar-refractivity contribution in [3.8, 4) is 12.3 Å². The summed E-state index contributed by atoms with van der Waals surface area (Å²) < 4.78 is 35.4. The van der Waals surface area contributed by atoms with E-state index in [0.29, 0.717) is 0 Å². The third-order valence-electron chi connectivity index (χ3n) is 3.42. The Labute approximate surface area is 129 Å². The number of hydrogen-bond acceptors (Lipinski definition) is 5. The number of alkyl halides is 1. The van der Waals surface area contributed by atoms with E-state index in [1.807, 2.05) is 4.98 Å². The van der Waals surface area contributed by atoms with Gasteiger partial charge in [0.1, 0.15) is 17.9 Å². The number of aromatic nitrogens is 2. The number of aromatic amines is 1. The van der Waals surface area contributed by atoms with Gasteiger partial charge in [-0.15, -0.1) is 6.42 Å². The van der Waals surface area contributed by atoms with Gasteiger partial charge in [-0.2, -0.15) is 0 Å². The average molecular weight is 348 g/mol. The lowest BCUT2D eigenvalue weighted by atomic mass is 10.1. The van der Waals surface area contributed by atoms with Gasteiger partial charge in [-0.25, -0.2) is 13.8 Å². The predicted octanol–water partition coefficient (Wildman–Crippen LogP) is -0.224. The Morgan fingerprint density at radius 2 is 2.22 bits per heavy atom. The fourth-order valence-electron chi connectivity index (χ4n) is 2.29. The molecule has 1 aromatic heterocycles. The minimum atomic E-state index is -4.87. The highest BCUT2D eigenvalue weighted by Crippen LogP contribution is 2.45. The highest BCUT2D eigenvalue weighted by molar-refractivity contribution is 7.46. The van der Waals surface area contributed by atoms with E-state index in [2.05, 4.69) is 10.4 Å². The molecule has 1 aliphatic rings. The maximum Gasteiger partial charge on any atom is 0.469 e. The maximum atomic E-state index is 14.5. The standard InChI is InChI=1S/C12H14FN2O7P/c1-3-8-6-15(10(17)14-9(8)16)11(2)4-5-12(13,22-11)7-21-23(18,19)20/h1,6H,4-5,7H2,2H3,(H,14,16,17)(H2,18,19,20)/t11-,12+/m1/s1. The number of terminal acetylenes is 1. The molecule has 11 heteroatoms. The summed E-state index contributed by atoms with van der Waals surface area (Å²) in [5.41, 5.74) is -3.25. The van der Waals surface area contributed by atoms with Crippen molar-refractivity contribution < 1.29 is 28.0 Å². The molecule has 0 unspecified atom stereocenters. The van der Waals surface area contributed by atoms with Crippen LogP contribution >= 0.6 is 7.82 Å². The minimum absolute atomic E-state index is 0.00994. The number of rotatable bonds is 4. The number of nitrogens with zero attached hydrogens (tertiary/aromatic N) is 1. The molecular weight excluding hydrogens is 334 g/mol. The predicted molar refractivity (Wildman–Crippen MR) is 75.1 cm³/mol. The molecule has 0 amide bonds. The van der Waals surface area contributed by atoms with Gasteiger partial charge < -0.3 is 14.5 Å². The van der Waals surface area contributed by atoms with Crippen molar-refractivity contribution in [2.24, 2.45) is 0 Å². The van der Waals surface area contributed by atoms with E-state index in [9.17, 15) is 18.5 Å². The lowest BCUT2D eigenvalue weighted by Crippen LogP contribution is -2.44. The molecule has 0 radical (unpaired) electrons. The first-order valence-electron chi connectivity index (χ1n) is 6.40. The van der Waals surface area contributed by atoms with Gasteiger partial charge in [0.25, 0.3) is 5.56 Å². The first-order valence-corrected chi connectivity index (χ1v) is 7.93. The quantitative estimate of drug-likeness (QED) is 0.506. The first kappa shape index (κ1) is 17.6. The third kappa shape index (κ3) is 3.77. The van der Waals surface area contributed by atoms with Crippen molar-refractivity contribution in [3.05, 3.63) is 32.6 Å². The zero-order valence-corrected chi connectivity index (χ0v) is 12.9. The minimum Gasteiger partial charge on any atom is -0.317 e. The lowest BCUT2D eigenvalue weighted by Gasteiger charge is -2.29. The molecule has 1 aliphatic heterocycles. The zero-order valence-electron chi connectivity index (χ0n) is 12.0. The van der Waals surface area contributed by atoms with Crippen LogP contribution in [0, 0.1) is 12.3 Å². The van der Waals surface area contributed by atoms with Gasteiger partial charge in [0.2, 0.25) is 5.85 Å². The number of phosphoric ester groups is 1. The molecule has 23 heavy (non-hydrogen) atoms. The summed E-state index contributed by atoms with van der Waals surface area (Å²) in [5.74, 6) is -0.409. The van der Waals surface area contributed by atoms with Crippen molar-refractivity contribution >= 4 is 7.82 Å². The number of H-pyrrole nitrogens is 1. The highest BCUT2D eigenvalue weighted by Gasteiger charge is 2.50. The van der Waals surface area contributed by atoms with E-state index >= 15 is 0 Å². The van der Waals surface area contributed by atoms with Crippen LogP contribution in [0.3, 0.4) is 0 Å². The molecule has 0 aromatic carbocycles. The Hall–Kier alpha value is -1.76. The molecule has 0 spiro atoms. The number of hydrogen-bond donors (Lipinski definition) is 3. The second kappa shape index (κ2) is 5.70. The van der Waals surface area contributed by atoms with Crippen LogP contribution in [0.25, 0.3) is 0 Å². The fraction of sp³-hybridized carbons (Fsp3) is 0.500. The maximum absolute atomic E-state index is 14.5. The Morgan fingerprint density at radius 1 is 1.57 bits per heavy atom. The Balaban J connectivity index is 2.32. The summed E-state index contributed by atoms with van der Waals surface area (Å²) in [7, 11) is -4.87. The normalized spacial score (nSPS) is 27.8. The SMILES string of the molecule is C#Cc1cn([C@@]2(C)CC[C@@](F)(COP(=O)(O)O)O2)c(=O)[nH]c1=O. The fourth-order valence-corrected chi connectivity index (χ4v) is 2.65. The largest absolute Gasteiger partial charge is 0.469 e. The molecule has 126 valence electrons. The Bertz CT molecular complexity index is 822. The number of phosphoric acid groups is 1. The van der Waals surface area contributed by atoms with Crippen molar-refractivity contribution in [1.82, 2.24) is 9.55 Å². The molecule has 1 fully saturated rings. The van der Waals surface area contributed by atoms with Gasteiger partial charge in [-0.1, -0.05) is 5.92 Å². The number of nitrogens with one attached hydrogen (secondary N) is 1. The summed E-state index contributed by atoms with van der Waals surface area (Å²) in [5, 5.41) is 0. The van der Waals surface area contributed by atoms with E-state index in [1.54, 1.807) is 0 Å². The van der Waals surface area contributed by atoms with Crippen molar-refractivity contribution in [2.45, 2.75) is 31.3 Å². The van der Waals surface area contributed by atoms with E-state index in [-0.39, 0.29) is 18.4 Å².